The number of fused-ring (bicyclic) bond motifs is 1. The molecule has 22 heavy (non-hydrogen) atoms. The summed E-state index contributed by atoms with van der Waals surface area (Å²) in [7, 11) is 2.18. The largest absolute Gasteiger partial charge is 0.378 e. The molecule has 0 radical (unpaired) electrons. The second kappa shape index (κ2) is 5.85. The minimum atomic E-state index is 0.463. The van der Waals surface area contributed by atoms with Crippen molar-refractivity contribution < 1.29 is 4.74 Å². The van der Waals surface area contributed by atoms with E-state index in [1.807, 2.05) is 4.52 Å². The Hall–Kier alpha value is -1.66. The molecule has 2 aliphatic heterocycles. The predicted molar refractivity (Wildman–Crippen MR) is 85.5 cm³/mol. The summed E-state index contributed by atoms with van der Waals surface area (Å²) in [6.45, 7) is 5.74. The Labute approximate surface area is 130 Å². The fraction of sp³-hybridized carbons (Fsp3) is 0.625. The summed E-state index contributed by atoms with van der Waals surface area (Å²) in [5.41, 5.74) is 2.15. The van der Waals surface area contributed by atoms with Gasteiger partial charge in [0.25, 0.3) is 0 Å². The van der Waals surface area contributed by atoms with Gasteiger partial charge in [-0.2, -0.15) is 5.10 Å². The minimum Gasteiger partial charge on any atom is -0.378 e. The van der Waals surface area contributed by atoms with Crippen molar-refractivity contribution >= 4 is 11.3 Å². The lowest BCUT2D eigenvalue weighted by atomic mass is 9.98. The van der Waals surface area contributed by atoms with Gasteiger partial charge in [-0.15, -0.1) is 0 Å². The SMILES string of the molecule is CN1CCC[C@H](c2nc3ccc(N4CCOCC4)cn3n2)C1. The van der Waals surface area contributed by atoms with Gasteiger partial charge in [-0.25, -0.2) is 9.50 Å². The van der Waals surface area contributed by atoms with Crippen LogP contribution in [0.25, 0.3) is 5.65 Å². The molecule has 0 bridgehead atoms. The van der Waals surface area contributed by atoms with Crippen molar-refractivity contribution in [3.8, 4) is 0 Å². The molecule has 0 amide bonds. The Kier molecular flexibility index (Phi) is 3.72. The zero-order chi connectivity index (χ0) is 14.9. The molecule has 2 saturated heterocycles. The predicted octanol–water partition coefficient (Wildman–Crippen LogP) is 1.38. The van der Waals surface area contributed by atoms with E-state index >= 15 is 0 Å². The quantitative estimate of drug-likeness (QED) is 0.838. The van der Waals surface area contributed by atoms with Gasteiger partial charge in [0, 0.05) is 25.6 Å². The van der Waals surface area contributed by atoms with Crippen LogP contribution in [-0.4, -0.2) is 65.9 Å². The third-order valence-corrected chi connectivity index (χ3v) is 4.70. The van der Waals surface area contributed by atoms with Crippen LogP contribution in [0.3, 0.4) is 0 Å². The highest BCUT2D eigenvalue weighted by Crippen LogP contribution is 2.25. The third-order valence-electron chi connectivity index (χ3n) is 4.70. The third kappa shape index (κ3) is 2.68. The maximum absolute atomic E-state index is 5.42. The van der Waals surface area contributed by atoms with Crippen LogP contribution in [0, 0.1) is 0 Å². The van der Waals surface area contributed by atoms with Crippen LogP contribution >= 0.6 is 0 Å². The number of hydrogen-bond acceptors (Lipinski definition) is 5. The Balaban J connectivity index is 1.60. The zero-order valence-electron chi connectivity index (χ0n) is 13.1. The van der Waals surface area contributed by atoms with E-state index in [1.165, 1.54) is 25.1 Å². The van der Waals surface area contributed by atoms with Crippen LogP contribution in [0.2, 0.25) is 0 Å². The second-order valence-electron chi connectivity index (χ2n) is 6.36. The Morgan fingerprint density at radius 2 is 2.05 bits per heavy atom. The van der Waals surface area contributed by atoms with E-state index in [2.05, 4.69) is 35.2 Å². The van der Waals surface area contributed by atoms with Crippen LogP contribution in [0.15, 0.2) is 18.3 Å². The molecule has 6 nitrogen and oxygen atoms in total. The summed E-state index contributed by atoms with van der Waals surface area (Å²) in [5.74, 6) is 1.45. The lowest BCUT2D eigenvalue weighted by Crippen LogP contribution is -2.36. The molecule has 2 aromatic rings. The first-order chi connectivity index (χ1) is 10.8. The van der Waals surface area contributed by atoms with E-state index in [0.717, 1.165) is 44.3 Å². The first-order valence-electron chi connectivity index (χ1n) is 8.17. The summed E-state index contributed by atoms with van der Waals surface area (Å²) < 4.78 is 7.36. The molecule has 1 atom stereocenters. The molecule has 0 unspecified atom stereocenters. The monoisotopic (exact) mass is 301 g/mol. The van der Waals surface area contributed by atoms with Crippen molar-refractivity contribution in [1.82, 2.24) is 19.5 Å². The number of anilines is 1. The number of piperidine rings is 1. The Morgan fingerprint density at radius 3 is 2.86 bits per heavy atom. The molecule has 0 spiro atoms. The highest BCUT2D eigenvalue weighted by atomic mass is 16.5. The molecule has 118 valence electrons. The minimum absolute atomic E-state index is 0.463. The molecule has 2 aliphatic rings. The molecule has 4 heterocycles. The maximum Gasteiger partial charge on any atom is 0.156 e. The van der Waals surface area contributed by atoms with E-state index in [9.17, 15) is 0 Å². The van der Waals surface area contributed by atoms with Crippen molar-refractivity contribution in [3.05, 3.63) is 24.2 Å². The van der Waals surface area contributed by atoms with Crippen LogP contribution in [0.4, 0.5) is 5.69 Å². The molecule has 0 N–H and O–H groups in total. The second-order valence-corrected chi connectivity index (χ2v) is 6.36. The number of pyridine rings is 1. The van der Waals surface area contributed by atoms with Crippen molar-refractivity contribution in [3.63, 3.8) is 0 Å². The van der Waals surface area contributed by atoms with Gasteiger partial charge in [0.05, 0.1) is 25.1 Å². The molecular formula is C16H23N5O. The lowest BCUT2D eigenvalue weighted by Gasteiger charge is -2.28. The van der Waals surface area contributed by atoms with Gasteiger partial charge >= 0.3 is 0 Å². The van der Waals surface area contributed by atoms with Gasteiger partial charge in [0.15, 0.2) is 11.5 Å². The van der Waals surface area contributed by atoms with Crippen LogP contribution in [0.5, 0.6) is 0 Å². The Bertz CT molecular complexity index is 649. The maximum atomic E-state index is 5.42. The lowest BCUT2D eigenvalue weighted by molar-refractivity contribution is 0.122. The summed E-state index contributed by atoms with van der Waals surface area (Å²) in [6.07, 6.45) is 4.52. The van der Waals surface area contributed by atoms with E-state index in [4.69, 9.17) is 14.8 Å². The highest BCUT2D eigenvalue weighted by Gasteiger charge is 2.23. The first-order valence-corrected chi connectivity index (χ1v) is 8.17. The van der Waals surface area contributed by atoms with Crippen LogP contribution in [-0.2, 0) is 4.74 Å². The van der Waals surface area contributed by atoms with Crippen molar-refractivity contribution in [1.29, 1.82) is 0 Å². The number of rotatable bonds is 2. The van der Waals surface area contributed by atoms with Crippen molar-refractivity contribution in [2.24, 2.45) is 0 Å². The number of hydrogen-bond donors (Lipinski definition) is 0. The van der Waals surface area contributed by atoms with Gasteiger partial charge in [-0.05, 0) is 38.6 Å². The van der Waals surface area contributed by atoms with E-state index in [-0.39, 0.29) is 0 Å². The Morgan fingerprint density at radius 1 is 1.18 bits per heavy atom. The first kappa shape index (κ1) is 14.0. The summed E-state index contributed by atoms with van der Waals surface area (Å²) in [5, 5.41) is 4.75. The highest BCUT2D eigenvalue weighted by molar-refractivity contribution is 5.51. The number of morpholine rings is 1. The number of nitrogens with zero attached hydrogens (tertiary/aromatic N) is 5. The van der Waals surface area contributed by atoms with Crippen molar-refractivity contribution in [2.45, 2.75) is 18.8 Å². The van der Waals surface area contributed by atoms with Gasteiger partial charge < -0.3 is 14.5 Å². The fourth-order valence-corrected chi connectivity index (χ4v) is 3.45. The zero-order valence-corrected chi connectivity index (χ0v) is 13.1. The van der Waals surface area contributed by atoms with E-state index in [1.54, 1.807) is 0 Å². The van der Waals surface area contributed by atoms with E-state index in [0.29, 0.717) is 5.92 Å². The van der Waals surface area contributed by atoms with Gasteiger partial charge in [0.2, 0.25) is 0 Å². The molecule has 4 rings (SSSR count). The molecule has 0 saturated carbocycles. The molecular weight excluding hydrogens is 278 g/mol. The number of ether oxygens (including phenoxy) is 1. The van der Waals surface area contributed by atoms with Gasteiger partial charge in [-0.1, -0.05) is 0 Å². The molecule has 0 aliphatic carbocycles. The number of likely N-dealkylation sites (N-methyl/N-ethyl adjacent to an activating group) is 1. The molecule has 2 fully saturated rings. The average molecular weight is 301 g/mol. The van der Waals surface area contributed by atoms with Crippen LogP contribution in [0.1, 0.15) is 24.6 Å². The van der Waals surface area contributed by atoms with Gasteiger partial charge in [-0.3, -0.25) is 0 Å². The average Bonchev–Trinajstić information content (AvgIpc) is 2.99. The fourth-order valence-electron chi connectivity index (χ4n) is 3.45. The smallest absolute Gasteiger partial charge is 0.156 e. The topological polar surface area (TPSA) is 45.9 Å². The van der Waals surface area contributed by atoms with Crippen molar-refractivity contribution in [2.75, 3.05) is 51.3 Å². The molecule has 2 aromatic heterocycles. The number of aromatic nitrogens is 3. The molecule has 0 aromatic carbocycles. The number of likely N-dealkylation sites (tertiary alicyclic amines) is 1. The standard InChI is InChI=1S/C16H23N5O/c1-19-6-2-3-13(11-19)16-17-15-5-4-14(12-21(15)18-16)20-7-9-22-10-8-20/h4-5,12-13H,2-3,6-11H2,1H3/t13-/m0/s1. The normalized spacial score (nSPS) is 24.0. The summed E-state index contributed by atoms with van der Waals surface area (Å²) in [6, 6.07) is 4.22. The van der Waals surface area contributed by atoms with Crippen LogP contribution < -0.4 is 4.90 Å². The molecule has 6 heteroatoms. The van der Waals surface area contributed by atoms with Gasteiger partial charge in [0.1, 0.15) is 0 Å². The summed E-state index contributed by atoms with van der Waals surface area (Å²) >= 11 is 0. The van der Waals surface area contributed by atoms with E-state index < -0.39 is 0 Å². The summed E-state index contributed by atoms with van der Waals surface area (Å²) in [4.78, 5) is 9.46.